The van der Waals surface area contributed by atoms with Gasteiger partial charge in [-0.15, -0.1) is 0 Å². The summed E-state index contributed by atoms with van der Waals surface area (Å²) in [6.07, 6.45) is -4.97. The van der Waals surface area contributed by atoms with Crippen molar-refractivity contribution in [3.8, 4) is 11.5 Å². The van der Waals surface area contributed by atoms with E-state index in [0.717, 1.165) is 0 Å². The number of carboxylic acids is 1. The molecule has 1 rings (SSSR count). The van der Waals surface area contributed by atoms with Gasteiger partial charge in [-0.25, -0.2) is 4.79 Å². The number of hydrogen-bond donors (Lipinski definition) is 2. The van der Waals surface area contributed by atoms with E-state index in [4.69, 9.17) is 14.6 Å². The average Bonchev–Trinajstić information content (AvgIpc) is 2.43. The van der Waals surface area contributed by atoms with Gasteiger partial charge in [0, 0.05) is 0 Å². The first-order chi connectivity index (χ1) is 10.1. The van der Waals surface area contributed by atoms with E-state index < -0.39 is 30.7 Å². The Bertz CT molecular complexity index is 559. The van der Waals surface area contributed by atoms with Crippen LogP contribution in [-0.2, 0) is 9.59 Å². The maximum absolute atomic E-state index is 12.2. The monoisotopic (exact) mass is 321 g/mol. The van der Waals surface area contributed by atoms with Crippen LogP contribution in [0.1, 0.15) is 18.5 Å². The third kappa shape index (κ3) is 4.83. The number of ether oxygens (including phenoxy) is 2. The van der Waals surface area contributed by atoms with Gasteiger partial charge >= 0.3 is 18.1 Å². The SMILES string of the molecule is COc1cc(C(C)NC(=O)C(F)(F)F)ccc1OCC(=O)O. The summed E-state index contributed by atoms with van der Waals surface area (Å²) >= 11 is 0. The molecule has 9 heteroatoms. The molecule has 1 unspecified atom stereocenters. The molecule has 0 aliphatic heterocycles. The molecule has 2 N–H and O–H groups in total. The Morgan fingerprint density at radius 3 is 2.45 bits per heavy atom. The molecular formula is C13H14F3NO5. The van der Waals surface area contributed by atoms with E-state index in [1.807, 2.05) is 0 Å². The zero-order valence-corrected chi connectivity index (χ0v) is 11.7. The first-order valence-electron chi connectivity index (χ1n) is 6.05. The summed E-state index contributed by atoms with van der Waals surface area (Å²) in [5.41, 5.74) is 0.345. The molecule has 1 amide bonds. The number of nitrogens with one attached hydrogen (secondary N) is 1. The van der Waals surface area contributed by atoms with Crippen molar-refractivity contribution in [2.45, 2.75) is 19.1 Å². The molecule has 0 bridgehead atoms. The van der Waals surface area contributed by atoms with Crippen LogP contribution in [0.2, 0.25) is 0 Å². The van der Waals surface area contributed by atoms with E-state index in [9.17, 15) is 22.8 Å². The normalized spacial score (nSPS) is 12.4. The highest BCUT2D eigenvalue weighted by Crippen LogP contribution is 2.30. The van der Waals surface area contributed by atoms with Crippen LogP contribution in [0.25, 0.3) is 0 Å². The summed E-state index contributed by atoms with van der Waals surface area (Å²) < 4.78 is 46.6. The quantitative estimate of drug-likeness (QED) is 0.836. The van der Waals surface area contributed by atoms with Crippen LogP contribution in [0.4, 0.5) is 13.2 Å². The minimum Gasteiger partial charge on any atom is -0.493 e. The van der Waals surface area contributed by atoms with E-state index >= 15 is 0 Å². The molecule has 0 heterocycles. The number of aliphatic carboxylic acids is 1. The lowest BCUT2D eigenvalue weighted by Crippen LogP contribution is -2.38. The maximum atomic E-state index is 12.2. The highest BCUT2D eigenvalue weighted by atomic mass is 19.4. The summed E-state index contributed by atoms with van der Waals surface area (Å²) in [5.74, 6) is -2.96. The highest BCUT2D eigenvalue weighted by molar-refractivity contribution is 5.82. The van der Waals surface area contributed by atoms with Gasteiger partial charge in [0.15, 0.2) is 18.1 Å². The molecule has 0 saturated carbocycles. The standard InChI is InChI=1S/C13H14F3NO5/c1-7(17-12(20)13(14,15)16)8-3-4-9(10(5-8)21-2)22-6-11(18)19/h3-5,7H,6H2,1-2H3,(H,17,20)(H,18,19). The van der Waals surface area contributed by atoms with Crippen molar-refractivity contribution in [3.05, 3.63) is 23.8 Å². The molecule has 0 aliphatic rings. The molecule has 6 nitrogen and oxygen atoms in total. The number of carbonyl (C=O) groups is 2. The van der Waals surface area contributed by atoms with Crippen molar-refractivity contribution in [2.24, 2.45) is 0 Å². The number of methoxy groups -OCH3 is 1. The Morgan fingerprint density at radius 2 is 1.95 bits per heavy atom. The van der Waals surface area contributed by atoms with Crippen molar-refractivity contribution in [1.29, 1.82) is 0 Å². The number of rotatable bonds is 6. The van der Waals surface area contributed by atoms with Gasteiger partial charge in [-0.05, 0) is 24.6 Å². The van der Waals surface area contributed by atoms with Gasteiger partial charge in [-0.2, -0.15) is 13.2 Å². The van der Waals surface area contributed by atoms with Crippen LogP contribution in [0.3, 0.4) is 0 Å². The number of hydrogen-bond acceptors (Lipinski definition) is 4. The molecule has 0 radical (unpaired) electrons. The number of alkyl halides is 3. The lowest BCUT2D eigenvalue weighted by atomic mass is 10.1. The zero-order valence-electron chi connectivity index (χ0n) is 11.7. The smallest absolute Gasteiger partial charge is 0.471 e. The van der Waals surface area contributed by atoms with E-state index in [0.29, 0.717) is 5.56 Å². The van der Waals surface area contributed by atoms with Crippen molar-refractivity contribution in [3.63, 3.8) is 0 Å². The van der Waals surface area contributed by atoms with Gasteiger partial charge in [0.25, 0.3) is 0 Å². The van der Waals surface area contributed by atoms with Gasteiger partial charge in [0.05, 0.1) is 13.2 Å². The molecule has 0 spiro atoms. The summed E-state index contributed by atoms with van der Waals surface area (Å²) in [4.78, 5) is 21.3. The van der Waals surface area contributed by atoms with E-state index in [2.05, 4.69) is 0 Å². The molecule has 1 atom stereocenters. The number of carbonyl (C=O) groups excluding carboxylic acids is 1. The third-order valence-electron chi connectivity index (χ3n) is 2.64. The summed E-state index contributed by atoms with van der Waals surface area (Å²) in [7, 11) is 1.30. The van der Waals surface area contributed by atoms with Crippen LogP contribution < -0.4 is 14.8 Å². The largest absolute Gasteiger partial charge is 0.493 e. The molecule has 0 aromatic heterocycles. The fourth-order valence-corrected chi connectivity index (χ4v) is 1.57. The van der Waals surface area contributed by atoms with Gasteiger partial charge in [0.2, 0.25) is 0 Å². The fourth-order valence-electron chi connectivity index (χ4n) is 1.57. The minimum absolute atomic E-state index is 0.128. The number of halogens is 3. The predicted octanol–water partition coefficient (Wildman–Crippen LogP) is 1.90. The van der Waals surface area contributed by atoms with Gasteiger partial charge < -0.3 is 19.9 Å². The van der Waals surface area contributed by atoms with Gasteiger partial charge in [-0.1, -0.05) is 6.07 Å². The second kappa shape index (κ2) is 7.01. The number of benzene rings is 1. The van der Waals surface area contributed by atoms with Crippen molar-refractivity contribution < 1.29 is 37.3 Å². The number of carboxylic acid groups (broad SMARTS) is 1. The Kier molecular flexibility index (Phi) is 5.61. The molecule has 0 fully saturated rings. The highest BCUT2D eigenvalue weighted by Gasteiger charge is 2.39. The fraction of sp³-hybridized carbons (Fsp3) is 0.385. The zero-order chi connectivity index (χ0) is 16.9. The second-order valence-electron chi connectivity index (χ2n) is 4.29. The van der Waals surface area contributed by atoms with Crippen molar-refractivity contribution >= 4 is 11.9 Å². The third-order valence-corrected chi connectivity index (χ3v) is 2.64. The Balaban J connectivity index is 2.88. The van der Waals surface area contributed by atoms with Crippen molar-refractivity contribution in [1.82, 2.24) is 5.32 Å². The van der Waals surface area contributed by atoms with Crippen LogP contribution in [-0.4, -0.2) is 36.9 Å². The first-order valence-corrected chi connectivity index (χ1v) is 6.05. The van der Waals surface area contributed by atoms with Crippen LogP contribution in [0.5, 0.6) is 11.5 Å². The molecule has 122 valence electrons. The lowest BCUT2D eigenvalue weighted by Gasteiger charge is -2.17. The molecule has 0 saturated heterocycles. The van der Waals surface area contributed by atoms with Crippen LogP contribution in [0, 0.1) is 0 Å². The van der Waals surface area contributed by atoms with E-state index in [1.165, 1.54) is 32.2 Å². The number of amides is 1. The maximum Gasteiger partial charge on any atom is 0.471 e. The Morgan fingerprint density at radius 1 is 1.32 bits per heavy atom. The topological polar surface area (TPSA) is 84.9 Å². The Hall–Kier alpha value is -2.45. The van der Waals surface area contributed by atoms with Gasteiger partial charge in [0.1, 0.15) is 0 Å². The van der Waals surface area contributed by atoms with E-state index in [1.54, 1.807) is 5.32 Å². The van der Waals surface area contributed by atoms with Gasteiger partial charge in [-0.3, -0.25) is 4.79 Å². The van der Waals surface area contributed by atoms with Crippen LogP contribution in [0.15, 0.2) is 18.2 Å². The Labute approximate surface area is 123 Å². The molecule has 1 aromatic carbocycles. The minimum atomic E-state index is -4.97. The predicted molar refractivity (Wildman–Crippen MR) is 68.7 cm³/mol. The first kappa shape index (κ1) is 17.6. The molecule has 1 aromatic rings. The van der Waals surface area contributed by atoms with Crippen LogP contribution >= 0.6 is 0 Å². The van der Waals surface area contributed by atoms with Crippen molar-refractivity contribution in [2.75, 3.05) is 13.7 Å². The summed E-state index contributed by atoms with van der Waals surface area (Å²) in [6.45, 7) is 0.784. The lowest BCUT2D eigenvalue weighted by molar-refractivity contribution is -0.174. The van der Waals surface area contributed by atoms with E-state index in [-0.39, 0.29) is 11.5 Å². The molecule has 0 aliphatic carbocycles. The summed E-state index contributed by atoms with van der Waals surface area (Å²) in [6, 6.07) is 3.20. The average molecular weight is 321 g/mol. The second-order valence-corrected chi connectivity index (χ2v) is 4.29. The molecule has 22 heavy (non-hydrogen) atoms. The summed E-state index contributed by atoms with van der Waals surface area (Å²) in [5, 5.41) is 10.3. The molecular weight excluding hydrogens is 307 g/mol.